The largest absolute Gasteiger partial charge is 0.544 e. The number of alkyl halides is 2. The summed E-state index contributed by atoms with van der Waals surface area (Å²) >= 11 is 0. The molecular weight excluding hydrogens is 340 g/mol. The molecule has 0 bridgehead atoms. The Balaban J connectivity index is 2.93. The highest BCUT2D eigenvalue weighted by Gasteiger charge is 2.48. The maximum Gasteiger partial charge on any atom is 0.323 e. The van der Waals surface area contributed by atoms with E-state index in [1.807, 2.05) is 0 Å². The number of halogens is 2. The molecule has 1 saturated carbocycles. The molecule has 4 atom stereocenters. The average Bonchev–Trinajstić information content (AvgIpc) is 2.50. The smallest absolute Gasteiger partial charge is 0.323 e. The molecule has 2 N–H and O–H groups in total. The predicted molar refractivity (Wildman–Crippen MR) is 79.9 cm³/mol. The lowest BCUT2D eigenvalue weighted by molar-refractivity contribution is -0.337. The number of ether oxygens (including phenoxy) is 1. The van der Waals surface area contributed by atoms with Gasteiger partial charge in [0.05, 0.1) is 5.92 Å². The Morgan fingerprint density at radius 2 is 1.80 bits per heavy atom. The summed E-state index contributed by atoms with van der Waals surface area (Å²) < 4.78 is 32.4. The number of aliphatic hydroxyl groups is 1. The van der Waals surface area contributed by atoms with E-state index in [0.717, 1.165) is 0 Å². The SMILES string of the molecule is CC(=O)NC(O)C1CCCCC1C(=O)OC(C(C)C)C(F)(F)C(=O)[O-]. The lowest BCUT2D eigenvalue weighted by Crippen LogP contribution is -2.54. The molecule has 0 aromatic carbocycles. The van der Waals surface area contributed by atoms with Crippen LogP contribution in [0.4, 0.5) is 8.78 Å². The number of aliphatic hydroxyl groups excluding tert-OH is 1. The molecule has 0 aromatic rings. The molecule has 1 fully saturated rings. The third kappa shape index (κ3) is 5.35. The summed E-state index contributed by atoms with van der Waals surface area (Å²) in [6, 6.07) is 0. The summed E-state index contributed by atoms with van der Waals surface area (Å²) in [6.45, 7) is 3.81. The topological polar surface area (TPSA) is 116 Å². The van der Waals surface area contributed by atoms with E-state index in [1.165, 1.54) is 20.8 Å². The van der Waals surface area contributed by atoms with Gasteiger partial charge in [0, 0.05) is 12.8 Å². The summed E-state index contributed by atoms with van der Waals surface area (Å²) in [6.07, 6.45) is -1.45. The van der Waals surface area contributed by atoms with Crippen molar-refractivity contribution in [1.29, 1.82) is 0 Å². The molecule has 0 radical (unpaired) electrons. The highest BCUT2D eigenvalue weighted by atomic mass is 19.3. The minimum Gasteiger partial charge on any atom is -0.544 e. The van der Waals surface area contributed by atoms with Gasteiger partial charge in [-0.05, 0) is 18.8 Å². The van der Waals surface area contributed by atoms with Gasteiger partial charge < -0.3 is 25.1 Å². The maximum absolute atomic E-state index is 13.8. The molecule has 1 aliphatic rings. The first kappa shape index (κ1) is 21.3. The molecule has 9 heteroatoms. The molecule has 0 aromatic heterocycles. The molecule has 144 valence electrons. The summed E-state index contributed by atoms with van der Waals surface area (Å²) in [5, 5.41) is 23.0. The molecule has 7 nitrogen and oxygen atoms in total. The van der Waals surface area contributed by atoms with E-state index in [0.29, 0.717) is 25.7 Å². The van der Waals surface area contributed by atoms with Crippen LogP contribution in [0, 0.1) is 17.8 Å². The van der Waals surface area contributed by atoms with Crippen LogP contribution in [-0.4, -0.2) is 41.2 Å². The summed E-state index contributed by atoms with van der Waals surface area (Å²) in [5.41, 5.74) is 0. The second-order valence-corrected chi connectivity index (χ2v) is 6.71. The van der Waals surface area contributed by atoms with Crippen LogP contribution in [0.1, 0.15) is 46.5 Å². The van der Waals surface area contributed by atoms with E-state index in [9.17, 15) is 33.4 Å². The highest BCUT2D eigenvalue weighted by molar-refractivity contribution is 5.77. The number of carbonyl (C=O) groups excluding carboxylic acids is 3. The number of aliphatic carboxylic acids is 1. The van der Waals surface area contributed by atoms with Crippen LogP contribution in [0.25, 0.3) is 0 Å². The average molecular weight is 364 g/mol. The zero-order chi connectivity index (χ0) is 19.4. The molecular formula is C16H24F2NO6-. The van der Waals surface area contributed by atoms with Gasteiger partial charge in [-0.3, -0.25) is 9.59 Å². The Bertz CT molecular complexity index is 511. The summed E-state index contributed by atoms with van der Waals surface area (Å²) in [5.74, 6) is -11.0. The van der Waals surface area contributed by atoms with Gasteiger partial charge in [-0.1, -0.05) is 26.7 Å². The van der Waals surface area contributed by atoms with E-state index in [-0.39, 0.29) is 0 Å². The van der Waals surface area contributed by atoms with Gasteiger partial charge in [-0.15, -0.1) is 0 Å². The minimum atomic E-state index is -4.33. The van der Waals surface area contributed by atoms with Crippen LogP contribution in [0.2, 0.25) is 0 Å². The van der Waals surface area contributed by atoms with Gasteiger partial charge in [-0.2, -0.15) is 8.78 Å². The molecule has 1 aliphatic carbocycles. The number of hydrogen-bond acceptors (Lipinski definition) is 6. The zero-order valence-corrected chi connectivity index (χ0v) is 14.5. The van der Waals surface area contributed by atoms with E-state index < -0.39 is 53.9 Å². The van der Waals surface area contributed by atoms with E-state index in [1.54, 1.807) is 0 Å². The second kappa shape index (κ2) is 8.55. The first-order chi connectivity index (χ1) is 11.5. The molecule has 0 heterocycles. The van der Waals surface area contributed by atoms with Crippen LogP contribution in [0.15, 0.2) is 0 Å². The Kier molecular flexibility index (Phi) is 7.28. The van der Waals surface area contributed by atoms with Gasteiger partial charge in [0.2, 0.25) is 5.91 Å². The Morgan fingerprint density at radius 1 is 1.24 bits per heavy atom. The predicted octanol–water partition coefficient (Wildman–Crippen LogP) is 0.200. The number of amides is 1. The Labute approximate surface area is 144 Å². The summed E-state index contributed by atoms with van der Waals surface area (Å²) in [4.78, 5) is 34.2. The van der Waals surface area contributed by atoms with E-state index in [4.69, 9.17) is 4.74 Å². The molecule has 0 aliphatic heterocycles. The third-order valence-electron chi connectivity index (χ3n) is 4.36. The van der Waals surface area contributed by atoms with Crippen molar-refractivity contribution in [3.05, 3.63) is 0 Å². The van der Waals surface area contributed by atoms with Gasteiger partial charge in [0.15, 0.2) is 6.10 Å². The van der Waals surface area contributed by atoms with Crippen LogP contribution in [-0.2, 0) is 19.1 Å². The summed E-state index contributed by atoms with van der Waals surface area (Å²) in [7, 11) is 0. The van der Waals surface area contributed by atoms with Gasteiger partial charge in [0.1, 0.15) is 12.2 Å². The first-order valence-corrected chi connectivity index (χ1v) is 8.23. The van der Waals surface area contributed by atoms with Crippen molar-refractivity contribution in [3.63, 3.8) is 0 Å². The highest BCUT2D eigenvalue weighted by Crippen LogP contribution is 2.35. The van der Waals surface area contributed by atoms with Crippen LogP contribution in [0.5, 0.6) is 0 Å². The van der Waals surface area contributed by atoms with E-state index >= 15 is 0 Å². The molecule has 25 heavy (non-hydrogen) atoms. The van der Waals surface area contributed by atoms with Crippen molar-refractivity contribution in [1.82, 2.24) is 5.32 Å². The van der Waals surface area contributed by atoms with Crippen molar-refractivity contribution in [2.24, 2.45) is 17.8 Å². The first-order valence-electron chi connectivity index (χ1n) is 8.23. The lowest BCUT2D eigenvalue weighted by atomic mass is 9.78. The minimum absolute atomic E-state index is 0.294. The van der Waals surface area contributed by atoms with Crippen LogP contribution >= 0.6 is 0 Å². The van der Waals surface area contributed by atoms with Crippen molar-refractivity contribution in [3.8, 4) is 0 Å². The van der Waals surface area contributed by atoms with Crippen molar-refractivity contribution >= 4 is 17.8 Å². The Morgan fingerprint density at radius 3 is 2.28 bits per heavy atom. The number of hydrogen-bond donors (Lipinski definition) is 2. The van der Waals surface area contributed by atoms with Gasteiger partial charge in [-0.25, -0.2) is 0 Å². The van der Waals surface area contributed by atoms with Crippen molar-refractivity contribution < 1.29 is 38.1 Å². The second-order valence-electron chi connectivity index (χ2n) is 6.71. The number of carboxylic acids is 1. The molecule has 1 rings (SSSR count). The lowest BCUT2D eigenvalue weighted by Gasteiger charge is -2.36. The number of nitrogens with one attached hydrogen (secondary N) is 1. The fraction of sp³-hybridized carbons (Fsp3) is 0.812. The fourth-order valence-corrected chi connectivity index (χ4v) is 3.10. The molecule has 4 unspecified atom stereocenters. The Hall–Kier alpha value is -1.77. The van der Waals surface area contributed by atoms with Crippen molar-refractivity contribution in [2.75, 3.05) is 0 Å². The van der Waals surface area contributed by atoms with Crippen LogP contribution in [0.3, 0.4) is 0 Å². The number of esters is 1. The molecule has 0 spiro atoms. The normalized spacial score (nSPS) is 23.6. The molecule has 0 saturated heterocycles. The zero-order valence-electron chi connectivity index (χ0n) is 14.5. The van der Waals surface area contributed by atoms with E-state index in [2.05, 4.69) is 5.32 Å². The maximum atomic E-state index is 13.8. The third-order valence-corrected chi connectivity index (χ3v) is 4.36. The monoisotopic (exact) mass is 364 g/mol. The number of rotatable bonds is 7. The number of carbonyl (C=O) groups is 3. The van der Waals surface area contributed by atoms with Gasteiger partial charge >= 0.3 is 11.9 Å². The standard InChI is InChI=1S/C16H25F2NO6/c1-8(2)12(16(17,18)15(23)24)25-14(22)11-7-5-4-6-10(11)13(21)19-9(3)20/h8,10-13,21H,4-7H2,1-3H3,(H,19,20)(H,23,24)/p-1. The van der Waals surface area contributed by atoms with Crippen molar-refractivity contribution in [2.45, 2.75) is 64.7 Å². The van der Waals surface area contributed by atoms with Gasteiger partial charge in [0.25, 0.3) is 0 Å². The number of carboxylic acid groups (broad SMARTS) is 1. The fourth-order valence-electron chi connectivity index (χ4n) is 3.10. The quantitative estimate of drug-likeness (QED) is 0.492. The van der Waals surface area contributed by atoms with Crippen LogP contribution < -0.4 is 10.4 Å². The molecule has 1 amide bonds.